The number of rotatable bonds is 2. The van der Waals surface area contributed by atoms with Gasteiger partial charge in [-0.25, -0.2) is 4.39 Å². The highest BCUT2D eigenvalue weighted by atomic mass is 19.1. The number of hydrogen-bond donors (Lipinski definition) is 1. The summed E-state index contributed by atoms with van der Waals surface area (Å²) in [5.41, 5.74) is 15.1. The first-order chi connectivity index (χ1) is 9.75. The normalized spacial score (nSPS) is 12.6. The molecule has 2 rings (SSSR count). The summed E-state index contributed by atoms with van der Waals surface area (Å²) in [7, 11) is 0. The highest BCUT2D eigenvalue weighted by Gasteiger charge is 2.21. The van der Waals surface area contributed by atoms with Crippen molar-refractivity contribution in [3.63, 3.8) is 0 Å². The standard InChI is InChI=1S/C19H24FN/c1-10-7-8-16(17(20)9-10)19(21)18-14(5)12(3)11(2)13(4)15(18)6/h7-9,19H,21H2,1-6H3. The van der Waals surface area contributed by atoms with Gasteiger partial charge in [-0.05, 0) is 86.6 Å². The molecule has 2 aromatic rings. The lowest BCUT2D eigenvalue weighted by atomic mass is 9.84. The zero-order chi connectivity index (χ0) is 15.9. The Labute approximate surface area is 127 Å². The largest absolute Gasteiger partial charge is 0.320 e. The summed E-state index contributed by atoms with van der Waals surface area (Å²) < 4.78 is 14.3. The molecular weight excluding hydrogens is 261 g/mol. The van der Waals surface area contributed by atoms with Gasteiger partial charge in [0.1, 0.15) is 5.82 Å². The molecule has 0 aromatic heterocycles. The van der Waals surface area contributed by atoms with Gasteiger partial charge in [-0.3, -0.25) is 0 Å². The van der Waals surface area contributed by atoms with E-state index in [0.717, 1.165) is 11.1 Å². The fraction of sp³-hybridized carbons (Fsp3) is 0.368. The van der Waals surface area contributed by atoms with Crippen molar-refractivity contribution >= 4 is 0 Å². The average molecular weight is 285 g/mol. The summed E-state index contributed by atoms with van der Waals surface area (Å²) in [5.74, 6) is -0.225. The van der Waals surface area contributed by atoms with Crippen LogP contribution in [0.4, 0.5) is 4.39 Å². The van der Waals surface area contributed by atoms with Gasteiger partial charge < -0.3 is 5.73 Å². The molecule has 1 nitrogen and oxygen atoms in total. The van der Waals surface area contributed by atoms with E-state index in [4.69, 9.17) is 5.73 Å². The summed E-state index contributed by atoms with van der Waals surface area (Å²) >= 11 is 0. The molecule has 0 spiro atoms. The van der Waals surface area contributed by atoms with Crippen molar-refractivity contribution in [1.29, 1.82) is 0 Å². The van der Waals surface area contributed by atoms with Gasteiger partial charge in [0, 0.05) is 5.56 Å². The number of nitrogens with two attached hydrogens (primary N) is 1. The van der Waals surface area contributed by atoms with Gasteiger partial charge in [0.05, 0.1) is 6.04 Å². The smallest absolute Gasteiger partial charge is 0.128 e. The Kier molecular flexibility index (Phi) is 4.20. The van der Waals surface area contributed by atoms with E-state index in [1.54, 1.807) is 12.1 Å². The lowest BCUT2D eigenvalue weighted by molar-refractivity contribution is 0.597. The van der Waals surface area contributed by atoms with Gasteiger partial charge >= 0.3 is 0 Å². The lowest BCUT2D eigenvalue weighted by Crippen LogP contribution is -2.18. The molecule has 0 aliphatic rings. The van der Waals surface area contributed by atoms with E-state index in [1.165, 1.54) is 27.8 Å². The third kappa shape index (κ3) is 2.60. The van der Waals surface area contributed by atoms with Gasteiger partial charge in [-0.2, -0.15) is 0 Å². The lowest BCUT2D eigenvalue weighted by Gasteiger charge is -2.24. The molecule has 1 atom stereocenters. The Morgan fingerprint density at radius 3 is 1.76 bits per heavy atom. The van der Waals surface area contributed by atoms with E-state index in [1.807, 2.05) is 13.0 Å². The molecule has 0 bridgehead atoms. The van der Waals surface area contributed by atoms with Crippen molar-refractivity contribution in [3.8, 4) is 0 Å². The van der Waals surface area contributed by atoms with Crippen molar-refractivity contribution in [2.45, 2.75) is 47.6 Å². The molecule has 0 aliphatic heterocycles. The topological polar surface area (TPSA) is 26.0 Å². The molecule has 2 heteroatoms. The first-order valence-corrected chi connectivity index (χ1v) is 7.34. The van der Waals surface area contributed by atoms with Crippen LogP contribution in [0.3, 0.4) is 0 Å². The van der Waals surface area contributed by atoms with E-state index < -0.39 is 6.04 Å². The fourth-order valence-corrected chi connectivity index (χ4v) is 3.04. The van der Waals surface area contributed by atoms with E-state index in [2.05, 4.69) is 34.6 Å². The summed E-state index contributed by atoms with van der Waals surface area (Å²) in [4.78, 5) is 0. The van der Waals surface area contributed by atoms with Crippen LogP contribution in [-0.2, 0) is 0 Å². The van der Waals surface area contributed by atoms with Gasteiger partial charge in [0.25, 0.3) is 0 Å². The quantitative estimate of drug-likeness (QED) is 0.848. The highest BCUT2D eigenvalue weighted by molar-refractivity contribution is 5.53. The van der Waals surface area contributed by atoms with Crippen LogP contribution in [0.1, 0.15) is 50.5 Å². The molecule has 0 amide bonds. The molecule has 0 aliphatic carbocycles. The van der Waals surface area contributed by atoms with E-state index in [0.29, 0.717) is 5.56 Å². The minimum absolute atomic E-state index is 0.225. The monoisotopic (exact) mass is 285 g/mol. The Morgan fingerprint density at radius 1 is 0.810 bits per heavy atom. The average Bonchev–Trinajstić information content (AvgIpc) is 2.43. The number of halogens is 1. The SMILES string of the molecule is Cc1ccc(C(N)c2c(C)c(C)c(C)c(C)c2C)c(F)c1. The fourth-order valence-electron chi connectivity index (χ4n) is 3.04. The molecule has 0 saturated heterocycles. The minimum atomic E-state index is -0.427. The first-order valence-electron chi connectivity index (χ1n) is 7.34. The number of hydrogen-bond acceptors (Lipinski definition) is 1. The van der Waals surface area contributed by atoms with Crippen LogP contribution < -0.4 is 5.73 Å². The van der Waals surface area contributed by atoms with Crippen molar-refractivity contribution in [2.24, 2.45) is 5.73 Å². The molecule has 0 fully saturated rings. The van der Waals surface area contributed by atoms with Crippen LogP contribution >= 0.6 is 0 Å². The van der Waals surface area contributed by atoms with Crippen LogP contribution in [0, 0.1) is 47.4 Å². The third-order valence-electron chi connectivity index (χ3n) is 4.86. The second kappa shape index (κ2) is 5.61. The Balaban J connectivity index is 2.66. The second-order valence-corrected chi connectivity index (χ2v) is 6.04. The van der Waals surface area contributed by atoms with Crippen LogP contribution in [0.25, 0.3) is 0 Å². The molecule has 0 radical (unpaired) electrons. The second-order valence-electron chi connectivity index (χ2n) is 6.04. The third-order valence-corrected chi connectivity index (χ3v) is 4.86. The van der Waals surface area contributed by atoms with Crippen molar-refractivity contribution in [2.75, 3.05) is 0 Å². The van der Waals surface area contributed by atoms with E-state index in [9.17, 15) is 4.39 Å². The molecule has 2 aromatic carbocycles. The molecular formula is C19H24FN. The summed E-state index contributed by atoms with van der Waals surface area (Å²) in [5, 5.41) is 0. The van der Waals surface area contributed by atoms with Gasteiger partial charge in [0.15, 0.2) is 0 Å². The van der Waals surface area contributed by atoms with Crippen LogP contribution in [0.5, 0.6) is 0 Å². The van der Waals surface area contributed by atoms with Crippen LogP contribution in [0.15, 0.2) is 18.2 Å². The van der Waals surface area contributed by atoms with Gasteiger partial charge in [-0.15, -0.1) is 0 Å². The summed E-state index contributed by atoms with van der Waals surface area (Å²) in [6.45, 7) is 12.4. The van der Waals surface area contributed by atoms with Crippen molar-refractivity contribution in [3.05, 3.63) is 68.5 Å². The zero-order valence-electron chi connectivity index (χ0n) is 13.8. The molecule has 0 saturated carbocycles. The molecule has 112 valence electrons. The Bertz CT molecular complexity index is 672. The predicted molar refractivity (Wildman–Crippen MR) is 87.3 cm³/mol. The maximum absolute atomic E-state index is 14.3. The predicted octanol–water partition coefficient (Wildman–Crippen LogP) is 4.72. The molecule has 0 heterocycles. The first kappa shape index (κ1) is 15.7. The van der Waals surface area contributed by atoms with Crippen LogP contribution in [-0.4, -0.2) is 0 Å². The zero-order valence-corrected chi connectivity index (χ0v) is 13.8. The Hall–Kier alpha value is -1.67. The maximum Gasteiger partial charge on any atom is 0.128 e. The summed E-state index contributed by atoms with van der Waals surface area (Å²) in [6.07, 6.45) is 0. The van der Waals surface area contributed by atoms with Gasteiger partial charge in [-0.1, -0.05) is 12.1 Å². The maximum atomic E-state index is 14.3. The number of aryl methyl sites for hydroxylation is 1. The molecule has 2 N–H and O–H groups in total. The minimum Gasteiger partial charge on any atom is -0.320 e. The number of benzene rings is 2. The van der Waals surface area contributed by atoms with Crippen molar-refractivity contribution < 1.29 is 4.39 Å². The van der Waals surface area contributed by atoms with Gasteiger partial charge in [0.2, 0.25) is 0 Å². The molecule has 1 unspecified atom stereocenters. The highest BCUT2D eigenvalue weighted by Crippen LogP contribution is 2.33. The van der Waals surface area contributed by atoms with Crippen LogP contribution in [0.2, 0.25) is 0 Å². The molecule has 21 heavy (non-hydrogen) atoms. The van der Waals surface area contributed by atoms with E-state index >= 15 is 0 Å². The van der Waals surface area contributed by atoms with Crippen molar-refractivity contribution in [1.82, 2.24) is 0 Å². The summed E-state index contributed by atoms with van der Waals surface area (Å²) in [6, 6.07) is 4.84. The Morgan fingerprint density at radius 2 is 1.29 bits per heavy atom. The van der Waals surface area contributed by atoms with E-state index in [-0.39, 0.29) is 5.82 Å².